The summed E-state index contributed by atoms with van der Waals surface area (Å²) in [6, 6.07) is 16.9. The molecule has 3 aromatic rings. The Kier molecular flexibility index (Phi) is 4.02. The first-order chi connectivity index (χ1) is 10.3. The number of fused-ring (bicyclic) bond motifs is 1. The fraction of sp³-hybridized carbons (Fsp3) is 0.222. The Balaban J connectivity index is 2.03. The molecular formula is C18H18FNO. The number of halogens is 1. The number of furan rings is 1. The minimum Gasteiger partial charge on any atom is -0.456 e. The third kappa shape index (κ3) is 2.83. The molecule has 0 saturated heterocycles. The summed E-state index contributed by atoms with van der Waals surface area (Å²) in [4.78, 5) is 0. The van der Waals surface area contributed by atoms with Crippen molar-refractivity contribution < 1.29 is 8.81 Å². The van der Waals surface area contributed by atoms with Gasteiger partial charge in [0.2, 0.25) is 0 Å². The molecule has 2 aromatic carbocycles. The molecule has 3 rings (SSSR count). The lowest BCUT2D eigenvalue weighted by Gasteiger charge is -2.16. The monoisotopic (exact) mass is 283 g/mol. The molecule has 0 spiro atoms. The average molecular weight is 283 g/mol. The zero-order valence-corrected chi connectivity index (χ0v) is 12.0. The van der Waals surface area contributed by atoms with E-state index < -0.39 is 0 Å². The maximum atomic E-state index is 13.8. The van der Waals surface area contributed by atoms with Crippen molar-refractivity contribution in [3.63, 3.8) is 0 Å². The van der Waals surface area contributed by atoms with E-state index in [4.69, 9.17) is 4.42 Å². The Hall–Kier alpha value is -2.13. The van der Waals surface area contributed by atoms with Crippen LogP contribution in [-0.4, -0.2) is 6.54 Å². The standard InChI is InChI=1S/C18H18FNO/c1-2-11-20-17(13-7-4-3-5-8-13)16-12-14-9-6-10-15(19)18(14)21-16/h3-10,12,17,20H,2,11H2,1H3. The maximum Gasteiger partial charge on any atom is 0.169 e. The molecule has 21 heavy (non-hydrogen) atoms. The minimum atomic E-state index is -0.318. The van der Waals surface area contributed by atoms with Gasteiger partial charge in [-0.3, -0.25) is 0 Å². The second-order valence-corrected chi connectivity index (χ2v) is 5.10. The smallest absolute Gasteiger partial charge is 0.169 e. The van der Waals surface area contributed by atoms with Crippen LogP contribution in [0.4, 0.5) is 4.39 Å². The Morgan fingerprint density at radius 3 is 2.62 bits per heavy atom. The van der Waals surface area contributed by atoms with Gasteiger partial charge in [0.15, 0.2) is 11.4 Å². The van der Waals surface area contributed by atoms with E-state index in [9.17, 15) is 4.39 Å². The molecule has 1 unspecified atom stereocenters. The highest BCUT2D eigenvalue weighted by molar-refractivity contribution is 5.78. The summed E-state index contributed by atoms with van der Waals surface area (Å²) in [7, 11) is 0. The van der Waals surface area contributed by atoms with Crippen molar-refractivity contribution in [2.75, 3.05) is 6.54 Å². The lowest BCUT2D eigenvalue weighted by Crippen LogP contribution is -2.22. The largest absolute Gasteiger partial charge is 0.456 e. The Labute approximate surface area is 123 Å². The fourth-order valence-corrected chi connectivity index (χ4v) is 2.51. The van der Waals surface area contributed by atoms with Crippen LogP contribution in [0.3, 0.4) is 0 Å². The van der Waals surface area contributed by atoms with Crippen molar-refractivity contribution in [3.8, 4) is 0 Å². The van der Waals surface area contributed by atoms with Gasteiger partial charge in [-0.2, -0.15) is 0 Å². The van der Waals surface area contributed by atoms with Crippen LogP contribution in [0.1, 0.15) is 30.7 Å². The van der Waals surface area contributed by atoms with Gasteiger partial charge in [0.25, 0.3) is 0 Å². The number of hydrogen-bond acceptors (Lipinski definition) is 2. The summed E-state index contributed by atoms with van der Waals surface area (Å²) >= 11 is 0. The molecule has 0 radical (unpaired) electrons. The molecule has 0 aliphatic rings. The van der Waals surface area contributed by atoms with Crippen molar-refractivity contribution >= 4 is 11.0 Å². The van der Waals surface area contributed by atoms with E-state index in [2.05, 4.69) is 24.4 Å². The van der Waals surface area contributed by atoms with Crippen LogP contribution in [0, 0.1) is 5.82 Å². The Morgan fingerprint density at radius 2 is 1.90 bits per heavy atom. The summed E-state index contributed by atoms with van der Waals surface area (Å²) in [5, 5.41) is 4.26. The molecule has 0 amide bonds. The van der Waals surface area contributed by atoms with E-state index in [-0.39, 0.29) is 11.9 Å². The Morgan fingerprint density at radius 1 is 1.10 bits per heavy atom. The first-order valence-corrected chi connectivity index (χ1v) is 7.26. The van der Waals surface area contributed by atoms with Crippen LogP contribution < -0.4 is 5.32 Å². The predicted octanol–water partition coefficient (Wildman–Crippen LogP) is 4.66. The van der Waals surface area contributed by atoms with Gasteiger partial charge in [0.1, 0.15) is 5.76 Å². The quantitative estimate of drug-likeness (QED) is 0.736. The maximum absolute atomic E-state index is 13.8. The summed E-state index contributed by atoms with van der Waals surface area (Å²) < 4.78 is 19.6. The molecule has 3 heteroatoms. The van der Waals surface area contributed by atoms with Crippen molar-refractivity contribution in [1.82, 2.24) is 5.32 Å². The summed E-state index contributed by atoms with van der Waals surface area (Å²) in [5.74, 6) is 0.427. The van der Waals surface area contributed by atoms with Crippen molar-refractivity contribution in [3.05, 3.63) is 71.7 Å². The molecule has 0 saturated carbocycles. The molecule has 1 heterocycles. The van der Waals surface area contributed by atoms with Crippen LogP contribution in [0.5, 0.6) is 0 Å². The lowest BCUT2D eigenvalue weighted by atomic mass is 10.0. The molecule has 0 aliphatic heterocycles. The highest BCUT2D eigenvalue weighted by atomic mass is 19.1. The van der Waals surface area contributed by atoms with E-state index in [0.29, 0.717) is 5.58 Å². The van der Waals surface area contributed by atoms with Gasteiger partial charge in [0.05, 0.1) is 6.04 Å². The lowest BCUT2D eigenvalue weighted by molar-refractivity contribution is 0.459. The van der Waals surface area contributed by atoms with Crippen molar-refractivity contribution in [2.45, 2.75) is 19.4 Å². The first-order valence-electron chi connectivity index (χ1n) is 7.26. The molecular weight excluding hydrogens is 265 g/mol. The van der Waals surface area contributed by atoms with E-state index in [1.807, 2.05) is 30.3 Å². The number of nitrogens with one attached hydrogen (secondary N) is 1. The summed E-state index contributed by atoms with van der Waals surface area (Å²) in [5.41, 5.74) is 1.44. The van der Waals surface area contributed by atoms with Gasteiger partial charge in [-0.15, -0.1) is 0 Å². The van der Waals surface area contributed by atoms with Crippen LogP contribution in [0.2, 0.25) is 0 Å². The highest BCUT2D eigenvalue weighted by Crippen LogP contribution is 2.29. The second-order valence-electron chi connectivity index (χ2n) is 5.10. The van der Waals surface area contributed by atoms with Gasteiger partial charge >= 0.3 is 0 Å². The molecule has 108 valence electrons. The van der Waals surface area contributed by atoms with E-state index in [1.54, 1.807) is 6.07 Å². The highest BCUT2D eigenvalue weighted by Gasteiger charge is 2.18. The van der Waals surface area contributed by atoms with Crippen LogP contribution >= 0.6 is 0 Å². The van der Waals surface area contributed by atoms with Gasteiger partial charge in [0, 0.05) is 5.39 Å². The molecule has 1 N–H and O–H groups in total. The zero-order valence-electron chi connectivity index (χ0n) is 12.0. The van der Waals surface area contributed by atoms with E-state index in [0.717, 1.165) is 29.7 Å². The Bertz CT molecular complexity index is 720. The SMILES string of the molecule is CCCNC(c1ccccc1)c1cc2cccc(F)c2o1. The van der Waals surface area contributed by atoms with Crippen molar-refractivity contribution in [2.24, 2.45) is 0 Å². The van der Waals surface area contributed by atoms with Crippen LogP contribution in [0.25, 0.3) is 11.0 Å². The molecule has 1 aromatic heterocycles. The third-order valence-electron chi connectivity index (χ3n) is 3.53. The summed E-state index contributed by atoms with van der Waals surface area (Å²) in [6.07, 6.45) is 1.03. The fourth-order valence-electron chi connectivity index (χ4n) is 2.51. The van der Waals surface area contributed by atoms with Gasteiger partial charge in [-0.05, 0) is 30.7 Å². The van der Waals surface area contributed by atoms with E-state index >= 15 is 0 Å². The third-order valence-corrected chi connectivity index (χ3v) is 3.53. The average Bonchev–Trinajstić information content (AvgIpc) is 2.94. The summed E-state index contributed by atoms with van der Waals surface area (Å²) in [6.45, 7) is 2.99. The van der Waals surface area contributed by atoms with Gasteiger partial charge in [-0.1, -0.05) is 49.4 Å². The van der Waals surface area contributed by atoms with E-state index in [1.165, 1.54) is 6.07 Å². The predicted molar refractivity (Wildman–Crippen MR) is 82.8 cm³/mol. The second kappa shape index (κ2) is 6.10. The normalized spacial score (nSPS) is 12.7. The number of para-hydroxylation sites is 1. The number of benzene rings is 2. The van der Waals surface area contributed by atoms with Gasteiger partial charge in [-0.25, -0.2) is 4.39 Å². The number of hydrogen-bond donors (Lipinski definition) is 1. The molecule has 0 fully saturated rings. The van der Waals surface area contributed by atoms with Crippen molar-refractivity contribution in [1.29, 1.82) is 0 Å². The number of rotatable bonds is 5. The molecule has 0 bridgehead atoms. The topological polar surface area (TPSA) is 25.2 Å². The minimum absolute atomic E-state index is 0.0575. The molecule has 1 atom stereocenters. The van der Waals surface area contributed by atoms with Crippen LogP contribution in [0.15, 0.2) is 59.0 Å². The first kappa shape index (κ1) is 13.8. The van der Waals surface area contributed by atoms with Crippen LogP contribution in [-0.2, 0) is 0 Å². The molecule has 0 aliphatic carbocycles. The molecule has 2 nitrogen and oxygen atoms in total. The zero-order chi connectivity index (χ0) is 14.7. The van der Waals surface area contributed by atoms with Gasteiger partial charge < -0.3 is 9.73 Å².